The maximum Gasteiger partial charge on any atom is 0.338 e. The fourth-order valence-corrected chi connectivity index (χ4v) is 5.08. The van der Waals surface area contributed by atoms with Crippen LogP contribution < -0.4 is 19.8 Å². The first-order valence-electron chi connectivity index (χ1n) is 14.9. The maximum atomic E-state index is 14.1. The second-order valence-corrected chi connectivity index (χ2v) is 11.8. The van der Waals surface area contributed by atoms with Crippen LogP contribution in [0.25, 0.3) is 16.6 Å². The average Bonchev–Trinajstić information content (AvgIpc) is 3.03. The van der Waals surface area contributed by atoms with Crippen LogP contribution in [0.2, 0.25) is 0 Å². The first-order chi connectivity index (χ1) is 22.4. The number of halogens is 2. The number of carbonyl (C=O) groups is 2. The molecule has 47 heavy (non-hydrogen) atoms. The fourth-order valence-electron chi connectivity index (χ4n) is 5.08. The van der Waals surface area contributed by atoms with Gasteiger partial charge in [0, 0.05) is 42.0 Å². The number of esters is 1. The lowest BCUT2D eigenvalue weighted by molar-refractivity contribution is 0.00689. The van der Waals surface area contributed by atoms with Gasteiger partial charge in [-0.2, -0.15) is 0 Å². The Morgan fingerprint density at radius 3 is 2.21 bits per heavy atom. The number of amides is 1. The summed E-state index contributed by atoms with van der Waals surface area (Å²) in [6.45, 7) is 7.17. The minimum Gasteiger partial charge on any atom is -0.497 e. The standard InChI is InChI=1S/C37H34F2N2O6/c1-6-40(28-17-25(38)16-26(39)18-28)35(43)32-21-41(27-14-24(15-30(19-27)45-5)36(44)47-37(2,3)4)33-20-29(12-13-31(33)34(32)42)46-22-23-10-8-7-9-11-23/h7-21H,6,22H2,1-5H3. The van der Waals surface area contributed by atoms with E-state index in [4.69, 9.17) is 14.2 Å². The van der Waals surface area contributed by atoms with Crippen molar-refractivity contribution in [2.75, 3.05) is 18.6 Å². The van der Waals surface area contributed by atoms with Gasteiger partial charge in [-0.05, 0) is 69.7 Å². The number of fused-ring (bicyclic) bond motifs is 1. The van der Waals surface area contributed by atoms with E-state index in [2.05, 4.69) is 0 Å². The van der Waals surface area contributed by atoms with Gasteiger partial charge >= 0.3 is 5.97 Å². The molecule has 1 heterocycles. The fraction of sp³-hybridized carbons (Fsp3) is 0.216. The van der Waals surface area contributed by atoms with Crippen molar-refractivity contribution < 1.29 is 32.6 Å². The molecule has 0 aliphatic rings. The first kappa shape index (κ1) is 32.9. The number of ether oxygens (including phenoxy) is 3. The highest BCUT2D eigenvalue weighted by atomic mass is 19.1. The van der Waals surface area contributed by atoms with E-state index in [0.29, 0.717) is 28.8 Å². The summed E-state index contributed by atoms with van der Waals surface area (Å²) in [5.41, 5.74) is 0.202. The zero-order valence-corrected chi connectivity index (χ0v) is 26.7. The molecule has 1 amide bonds. The van der Waals surface area contributed by atoms with Crippen LogP contribution in [-0.2, 0) is 11.3 Å². The molecule has 0 unspecified atom stereocenters. The summed E-state index contributed by atoms with van der Waals surface area (Å²) in [7, 11) is 1.45. The number of rotatable bonds is 9. The van der Waals surface area contributed by atoms with Gasteiger partial charge in [0.1, 0.15) is 40.9 Å². The molecule has 0 radical (unpaired) electrons. The molecule has 0 fully saturated rings. The van der Waals surface area contributed by atoms with Gasteiger partial charge in [-0.15, -0.1) is 0 Å². The molecule has 1 aromatic heterocycles. The first-order valence-corrected chi connectivity index (χ1v) is 14.9. The molecule has 0 aliphatic heterocycles. The van der Waals surface area contributed by atoms with Crippen LogP contribution in [0.15, 0.2) is 95.9 Å². The molecule has 0 atom stereocenters. The number of methoxy groups -OCH3 is 1. The van der Waals surface area contributed by atoms with E-state index in [0.717, 1.165) is 22.6 Å². The third-order valence-electron chi connectivity index (χ3n) is 7.22. The highest BCUT2D eigenvalue weighted by Gasteiger charge is 2.25. The van der Waals surface area contributed by atoms with Crippen molar-refractivity contribution in [3.8, 4) is 17.2 Å². The molecule has 0 saturated carbocycles. The number of nitrogens with zero attached hydrogens (tertiary/aromatic N) is 2. The third-order valence-corrected chi connectivity index (χ3v) is 7.22. The average molecular weight is 641 g/mol. The maximum absolute atomic E-state index is 14.1. The summed E-state index contributed by atoms with van der Waals surface area (Å²) in [5.74, 6) is -2.32. The van der Waals surface area contributed by atoms with E-state index in [1.807, 2.05) is 30.3 Å². The quantitative estimate of drug-likeness (QED) is 0.155. The summed E-state index contributed by atoms with van der Waals surface area (Å²) < 4.78 is 47.0. The SMILES string of the molecule is CCN(C(=O)c1cn(-c2cc(OC)cc(C(=O)OC(C)(C)C)c2)c2cc(OCc3ccccc3)ccc2c1=O)c1cc(F)cc(F)c1. The van der Waals surface area contributed by atoms with Gasteiger partial charge in [-0.25, -0.2) is 13.6 Å². The molecule has 0 bridgehead atoms. The minimum absolute atomic E-state index is 0.0212. The smallest absolute Gasteiger partial charge is 0.338 e. The highest BCUT2D eigenvalue weighted by Crippen LogP contribution is 2.29. The van der Waals surface area contributed by atoms with Crippen LogP contribution in [0.3, 0.4) is 0 Å². The van der Waals surface area contributed by atoms with Crippen molar-refractivity contribution in [2.24, 2.45) is 0 Å². The van der Waals surface area contributed by atoms with Gasteiger partial charge in [-0.1, -0.05) is 30.3 Å². The summed E-state index contributed by atoms with van der Waals surface area (Å²) >= 11 is 0. The van der Waals surface area contributed by atoms with Crippen molar-refractivity contribution in [2.45, 2.75) is 39.9 Å². The molecule has 10 heteroatoms. The number of hydrogen-bond acceptors (Lipinski definition) is 6. The summed E-state index contributed by atoms with van der Waals surface area (Å²) in [5, 5.41) is 0.172. The van der Waals surface area contributed by atoms with Crippen molar-refractivity contribution in [3.05, 3.63) is 130 Å². The van der Waals surface area contributed by atoms with Crippen LogP contribution in [0.4, 0.5) is 14.5 Å². The second kappa shape index (κ2) is 13.5. The largest absolute Gasteiger partial charge is 0.497 e. The van der Waals surface area contributed by atoms with Crippen molar-refractivity contribution in [1.82, 2.24) is 4.57 Å². The van der Waals surface area contributed by atoms with E-state index in [1.54, 1.807) is 62.6 Å². The number of aromatic nitrogens is 1. The Bertz CT molecular complexity index is 2000. The molecular formula is C37H34F2N2O6. The number of pyridine rings is 1. The Labute approximate surface area is 270 Å². The van der Waals surface area contributed by atoms with Crippen LogP contribution in [0, 0.1) is 11.6 Å². The van der Waals surface area contributed by atoms with Gasteiger partial charge in [0.05, 0.1) is 23.9 Å². The van der Waals surface area contributed by atoms with Gasteiger partial charge < -0.3 is 23.7 Å². The highest BCUT2D eigenvalue weighted by molar-refractivity contribution is 6.07. The molecule has 5 aromatic rings. The lowest BCUT2D eigenvalue weighted by atomic mass is 10.1. The van der Waals surface area contributed by atoms with Crippen molar-refractivity contribution >= 4 is 28.5 Å². The molecular weight excluding hydrogens is 606 g/mol. The zero-order valence-electron chi connectivity index (χ0n) is 26.7. The molecule has 8 nitrogen and oxygen atoms in total. The van der Waals surface area contributed by atoms with Crippen LogP contribution in [-0.4, -0.2) is 35.7 Å². The Balaban J connectivity index is 1.70. The van der Waals surface area contributed by atoms with Gasteiger partial charge in [0.2, 0.25) is 5.43 Å². The number of benzene rings is 4. The van der Waals surface area contributed by atoms with E-state index < -0.39 is 34.5 Å². The van der Waals surface area contributed by atoms with Crippen molar-refractivity contribution in [3.63, 3.8) is 0 Å². The number of carbonyl (C=O) groups excluding carboxylic acids is 2. The summed E-state index contributed by atoms with van der Waals surface area (Å²) in [6, 6.07) is 21.9. The molecule has 5 rings (SSSR count). The molecule has 242 valence electrons. The third kappa shape index (κ3) is 7.49. The predicted octanol–water partition coefficient (Wildman–Crippen LogP) is 7.48. The van der Waals surface area contributed by atoms with Crippen molar-refractivity contribution in [1.29, 1.82) is 0 Å². The van der Waals surface area contributed by atoms with Gasteiger partial charge in [-0.3, -0.25) is 9.59 Å². The van der Waals surface area contributed by atoms with Crippen LogP contribution >= 0.6 is 0 Å². The number of anilines is 1. The van der Waals surface area contributed by atoms with Gasteiger partial charge in [0.15, 0.2) is 0 Å². The van der Waals surface area contributed by atoms with E-state index in [-0.39, 0.29) is 35.4 Å². The summed E-state index contributed by atoms with van der Waals surface area (Å²) in [6.07, 6.45) is 1.35. The minimum atomic E-state index is -0.865. The van der Waals surface area contributed by atoms with Crippen LogP contribution in [0.1, 0.15) is 54.0 Å². The second-order valence-electron chi connectivity index (χ2n) is 11.8. The number of hydrogen-bond donors (Lipinski definition) is 0. The molecule has 0 saturated heterocycles. The molecule has 4 aromatic carbocycles. The van der Waals surface area contributed by atoms with Gasteiger partial charge in [0.25, 0.3) is 5.91 Å². The zero-order chi connectivity index (χ0) is 33.9. The van der Waals surface area contributed by atoms with E-state index in [9.17, 15) is 23.2 Å². The lowest BCUT2D eigenvalue weighted by Crippen LogP contribution is -2.35. The molecule has 0 N–H and O–H groups in total. The predicted molar refractivity (Wildman–Crippen MR) is 176 cm³/mol. The Morgan fingerprint density at radius 1 is 0.872 bits per heavy atom. The van der Waals surface area contributed by atoms with E-state index in [1.165, 1.54) is 19.4 Å². The normalized spacial score (nSPS) is 11.3. The lowest BCUT2D eigenvalue weighted by Gasteiger charge is -2.23. The van der Waals surface area contributed by atoms with E-state index >= 15 is 0 Å². The monoisotopic (exact) mass is 640 g/mol. The Morgan fingerprint density at radius 2 is 1.57 bits per heavy atom. The topological polar surface area (TPSA) is 87.1 Å². The molecule has 0 aliphatic carbocycles. The molecule has 0 spiro atoms. The Hall–Kier alpha value is -5.51. The van der Waals surface area contributed by atoms with Crippen LogP contribution in [0.5, 0.6) is 11.5 Å². The Kier molecular flexibility index (Phi) is 9.41. The summed E-state index contributed by atoms with van der Waals surface area (Å²) in [4.78, 5) is 42.2.